The molecule has 2 fully saturated rings. The fourth-order valence-corrected chi connectivity index (χ4v) is 2.04. The standard InChI is InChI=1S/C7H13NO4/c9-4-3-1-2-7(12,8-3)6(11)5(4)10/h3-6,8-12H,1-2H2/t3-,4+,5+,6-,7-/m0/s1. The highest BCUT2D eigenvalue weighted by Crippen LogP contribution is 2.34. The van der Waals surface area contributed by atoms with Gasteiger partial charge in [-0.05, 0) is 12.8 Å². The van der Waals surface area contributed by atoms with Crippen molar-refractivity contribution in [2.24, 2.45) is 0 Å². The molecule has 2 aliphatic rings. The van der Waals surface area contributed by atoms with Gasteiger partial charge < -0.3 is 20.4 Å². The molecule has 0 aliphatic carbocycles. The molecule has 5 nitrogen and oxygen atoms in total. The van der Waals surface area contributed by atoms with E-state index in [4.69, 9.17) is 0 Å². The summed E-state index contributed by atoms with van der Waals surface area (Å²) in [6.07, 6.45) is -2.59. The van der Waals surface area contributed by atoms with E-state index in [9.17, 15) is 20.4 Å². The van der Waals surface area contributed by atoms with E-state index in [1.165, 1.54) is 0 Å². The number of rotatable bonds is 0. The van der Waals surface area contributed by atoms with E-state index in [0.29, 0.717) is 12.8 Å². The molecule has 0 spiro atoms. The third-order valence-electron chi connectivity index (χ3n) is 2.85. The number of hydrogen-bond donors (Lipinski definition) is 5. The van der Waals surface area contributed by atoms with Crippen molar-refractivity contribution in [1.82, 2.24) is 5.32 Å². The first-order valence-corrected chi connectivity index (χ1v) is 4.09. The first kappa shape index (κ1) is 8.40. The van der Waals surface area contributed by atoms with Gasteiger partial charge in [0.1, 0.15) is 17.9 Å². The lowest BCUT2D eigenvalue weighted by atomic mass is 9.94. The summed E-state index contributed by atoms with van der Waals surface area (Å²) in [5, 5.41) is 40.4. The SMILES string of the molecule is O[C@@H]1[C@H](O)[C@@H]2CC[C@@](O)(N2)[C@H]1O. The second kappa shape index (κ2) is 2.40. The Morgan fingerprint density at radius 2 is 1.83 bits per heavy atom. The lowest BCUT2D eigenvalue weighted by Crippen LogP contribution is -2.67. The monoisotopic (exact) mass is 175 g/mol. The normalized spacial score (nSPS) is 59.0. The average molecular weight is 175 g/mol. The van der Waals surface area contributed by atoms with Crippen molar-refractivity contribution >= 4 is 0 Å². The molecule has 0 unspecified atom stereocenters. The Balaban J connectivity index is 2.25. The summed E-state index contributed by atoms with van der Waals surface area (Å²) >= 11 is 0. The van der Waals surface area contributed by atoms with Crippen LogP contribution in [0.2, 0.25) is 0 Å². The molecular formula is C7H13NO4. The Labute approximate surface area is 69.6 Å². The summed E-state index contributed by atoms with van der Waals surface area (Å²) in [5.41, 5.74) is -1.40. The lowest BCUT2D eigenvalue weighted by Gasteiger charge is -2.40. The molecule has 0 saturated carbocycles. The van der Waals surface area contributed by atoms with Gasteiger partial charge in [0.25, 0.3) is 0 Å². The second-order valence-corrected chi connectivity index (χ2v) is 3.64. The largest absolute Gasteiger partial charge is 0.389 e. The van der Waals surface area contributed by atoms with E-state index in [1.807, 2.05) is 0 Å². The summed E-state index contributed by atoms with van der Waals surface area (Å²) in [5.74, 6) is 0. The van der Waals surface area contributed by atoms with Gasteiger partial charge in [-0.2, -0.15) is 0 Å². The van der Waals surface area contributed by atoms with Gasteiger partial charge in [0.2, 0.25) is 0 Å². The fourth-order valence-electron chi connectivity index (χ4n) is 2.04. The lowest BCUT2D eigenvalue weighted by molar-refractivity contribution is -0.186. The summed E-state index contributed by atoms with van der Waals surface area (Å²) in [4.78, 5) is 0. The van der Waals surface area contributed by atoms with Crippen molar-refractivity contribution in [2.45, 2.75) is 42.9 Å². The van der Waals surface area contributed by atoms with E-state index in [1.54, 1.807) is 0 Å². The van der Waals surface area contributed by atoms with E-state index >= 15 is 0 Å². The van der Waals surface area contributed by atoms with Crippen LogP contribution in [0.5, 0.6) is 0 Å². The number of fused-ring (bicyclic) bond motifs is 2. The number of hydrogen-bond acceptors (Lipinski definition) is 5. The minimum absolute atomic E-state index is 0.298. The molecule has 5 atom stereocenters. The van der Waals surface area contributed by atoms with Crippen LogP contribution in [0.15, 0.2) is 0 Å². The Hall–Kier alpha value is -0.200. The minimum Gasteiger partial charge on any atom is -0.389 e. The van der Waals surface area contributed by atoms with Gasteiger partial charge in [-0.1, -0.05) is 0 Å². The summed E-state index contributed by atoms with van der Waals surface area (Å²) in [6, 6.07) is -0.298. The molecule has 5 heteroatoms. The number of aliphatic hydroxyl groups is 4. The van der Waals surface area contributed by atoms with E-state index in [0.717, 1.165) is 0 Å². The summed E-state index contributed by atoms with van der Waals surface area (Å²) in [6.45, 7) is 0. The Bertz CT molecular complexity index is 200. The molecule has 2 aliphatic heterocycles. The van der Waals surface area contributed by atoms with Gasteiger partial charge in [-0.3, -0.25) is 5.32 Å². The van der Waals surface area contributed by atoms with Crippen molar-refractivity contribution < 1.29 is 20.4 Å². The summed E-state index contributed by atoms with van der Waals surface area (Å²) < 4.78 is 0. The topological polar surface area (TPSA) is 93.0 Å². The molecule has 0 aromatic carbocycles. The van der Waals surface area contributed by atoms with Crippen molar-refractivity contribution in [3.63, 3.8) is 0 Å². The van der Waals surface area contributed by atoms with Crippen LogP contribution in [0, 0.1) is 0 Å². The molecular weight excluding hydrogens is 162 g/mol. The molecule has 12 heavy (non-hydrogen) atoms. The van der Waals surface area contributed by atoms with Gasteiger partial charge >= 0.3 is 0 Å². The average Bonchev–Trinajstić information content (AvgIpc) is 2.41. The maximum Gasteiger partial charge on any atom is 0.145 e. The predicted molar refractivity (Wildman–Crippen MR) is 39.1 cm³/mol. The van der Waals surface area contributed by atoms with Gasteiger partial charge in [-0.15, -0.1) is 0 Å². The van der Waals surface area contributed by atoms with Crippen LogP contribution in [0.3, 0.4) is 0 Å². The quantitative estimate of drug-likeness (QED) is 0.281. The number of nitrogens with one attached hydrogen (secondary N) is 1. The molecule has 0 aromatic rings. The van der Waals surface area contributed by atoms with Crippen molar-refractivity contribution in [1.29, 1.82) is 0 Å². The van der Waals surface area contributed by atoms with Crippen LogP contribution in [0.25, 0.3) is 0 Å². The highest BCUT2D eigenvalue weighted by atomic mass is 16.4. The molecule has 0 radical (unpaired) electrons. The van der Waals surface area contributed by atoms with Crippen LogP contribution in [-0.2, 0) is 0 Å². The predicted octanol–water partition coefficient (Wildman–Crippen LogP) is -2.48. The first-order valence-electron chi connectivity index (χ1n) is 4.09. The zero-order chi connectivity index (χ0) is 8.93. The fraction of sp³-hybridized carbons (Fsp3) is 1.00. The van der Waals surface area contributed by atoms with Crippen LogP contribution < -0.4 is 5.32 Å². The van der Waals surface area contributed by atoms with Crippen LogP contribution in [0.4, 0.5) is 0 Å². The summed E-state index contributed by atoms with van der Waals surface area (Å²) in [7, 11) is 0. The highest BCUT2D eigenvalue weighted by molar-refractivity contribution is 5.07. The van der Waals surface area contributed by atoms with E-state index < -0.39 is 24.0 Å². The van der Waals surface area contributed by atoms with Crippen LogP contribution in [0.1, 0.15) is 12.8 Å². The molecule has 70 valence electrons. The highest BCUT2D eigenvalue weighted by Gasteiger charge is 2.55. The maximum atomic E-state index is 9.65. The van der Waals surface area contributed by atoms with Gasteiger partial charge in [-0.25, -0.2) is 0 Å². The van der Waals surface area contributed by atoms with Crippen molar-refractivity contribution in [2.75, 3.05) is 0 Å². The smallest absolute Gasteiger partial charge is 0.145 e. The second-order valence-electron chi connectivity index (χ2n) is 3.64. The maximum absolute atomic E-state index is 9.65. The Morgan fingerprint density at radius 3 is 2.50 bits per heavy atom. The molecule has 0 amide bonds. The minimum atomic E-state index is -1.40. The molecule has 2 bridgehead atoms. The van der Waals surface area contributed by atoms with Crippen molar-refractivity contribution in [3.8, 4) is 0 Å². The molecule has 2 rings (SSSR count). The molecule has 2 heterocycles. The van der Waals surface area contributed by atoms with E-state index in [-0.39, 0.29) is 6.04 Å². The third kappa shape index (κ3) is 0.915. The molecule has 5 N–H and O–H groups in total. The van der Waals surface area contributed by atoms with Gasteiger partial charge in [0, 0.05) is 6.04 Å². The molecule has 0 aromatic heterocycles. The zero-order valence-electron chi connectivity index (χ0n) is 6.51. The third-order valence-corrected chi connectivity index (χ3v) is 2.85. The van der Waals surface area contributed by atoms with Gasteiger partial charge in [0.15, 0.2) is 0 Å². The van der Waals surface area contributed by atoms with Gasteiger partial charge in [0.05, 0.1) is 6.10 Å². The van der Waals surface area contributed by atoms with Crippen LogP contribution in [-0.4, -0.2) is 50.5 Å². The first-order chi connectivity index (χ1) is 5.54. The molecule has 2 saturated heterocycles. The van der Waals surface area contributed by atoms with Crippen LogP contribution >= 0.6 is 0 Å². The van der Waals surface area contributed by atoms with Crippen molar-refractivity contribution in [3.05, 3.63) is 0 Å². The zero-order valence-corrected chi connectivity index (χ0v) is 6.51. The number of aliphatic hydroxyl groups excluding tert-OH is 3. The Morgan fingerprint density at radius 1 is 1.17 bits per heavy atom. The number of piperidine rings is 1. The Kier molecular flexibility index (Phi) is 1.68. The van der Waals surface area contributed by atoms with E-state index in [2.05, 4.69) is 5.32 Å².